The zero-order valence-corrected chi connectivity index (χ0v) is 15.6. The van der Waals surface area contributed by atoms with Crippen molar-refractivity contribution >= 4 is 27.4 Å². The predicted octanol–water partition coefficient (Wildman–Crippen LogP) is 4.37. The van der Waals surface area contributed by atoms with E-state index in [0.29, 0.717) is 0 Å². The number of rotatable bonds is 5. The molecule has 4 rings (SSSR count). The van der Waals surface area contributed by atoms with Gasteiger partial charge in [-0.2, -0.15) is 0 Å². The first-order valence-electron chi connectivity index (χ1n) is 8.29. The number of ether oxygens (including phenoxy) is 1. The minimum absolute atomic E-state index is 0.0699. The number of aryl methyl sites for hydroxylation is 1. The van der Waals surface area contributed by atoms with E-state index in [-0.39, 0.29) is 6.04 Å². The number of nitrogens with one attached hydrogen (secondary N) is 1. The second-order valence-electron chi connectivity index (χ2n) is 6.08. The van der Waals surface area contributed by atoms with Crippen LogP contribution in [-0.2, 0) is 0 Å². The lowest BCUT2D eigenvalue weighted by molar-refractivity contribution is 0.412. The largest absolute Gasteiger partial charge is 0.495 e. The third-order valence-electron chi connectivity index (χ3n) is 4.31. The standard InChI is InChI=1S/C19H19N5OS/c1-12-9-24(11-22-12)16-5-4-14(8-17(16)25-3)13(2)23-18-15-6-7-26-19(15)21-10-20-18/h4-11,13H,1-3H3,(H,20,21,23). The highest BCUT2D eigenvalue weighted by molar-refractivity contribution is 7.16. The van der Waals surface area contributed by atoms with Gasteiger partial charge in [0, 0.05) is 6.20 Å². The summed E-state index contributed by atoms with van der Waals surface area (Å²) < 4.78 is 7.58. The van der Waals surface area contributed by atoms with Crippen LogP contribution < -0.4 is 10.1 Å². The van der Waals surface area contributed by atoms with Gasteiger partial charge in [-0.15, -0.1) is 11.3 Å². The lowest BCUT2D eigenvalue weighted by Gasteiger charge is -2.18. The molecule has 1 atom stereocenters. The van der Waals surface area contributed by atoms with Gasteiger partial charge < -0.3 is 14.6 Å². The zero-order valence-electron chi connectivity index (χ0n) is 14.8. The Balaban J connectivity index is 1.64. The molecule has 0 aliphatic rings. The Morgan fingerprint density at radius 2 is 2.08 bits per heavy atom. The molecule has 1 unspecified atom stereocenters. The zero-order chi connectivity index (χ0) is 18.1. The normalized spacial score (nSPS) is 12.3. The number of hydrogen-bond donors (Lipinski definition) is 1. The van der Waals surface area contributed by atoms with Crippen molar-refractivity contribution in [2.45, 2.75) is 19.9 Å². The van der Waals surface area contributed by atoms with E-state index in [2.05, 4.69) is 33.3 Å². The highest BCUT2D eigenvalue weighted by atomic mass is 32.1. The Labute approximate surface area is 155 Å². The predicted molar refractivity (Wildman–Crippen MR) is 104 cm³/mol. The topological polar surface area (TPSA) is 64.9 Å². The minimum atomic E-state index is 0.0699. The molecule has 0 saturated heterocycles. The summed E-state index contributed by atoms with van der Waals surface area (Å²) in [6, 6.07) is 8.30. The van der Waals surface area contributed by atoms with Crippen molar-refractivity contribution in [2.75, 3.05) is 12.4 Å². The van der Waals surface area contributed by atoms with E-state index in [1.54, 1.807) is 31.1 Å². The van der Waals surface area contributed by atoms with Crippen molar-refractivity contribution in [3.63, 3.8) is 0 Å². The maximum atomic E-state index is 5.61. The van der Waals surface area contributed by atoms with Crippen LogP contribution in [0.2, 0.25) is 0 Å². The Hall–Kier alpha value is -2.93. The van der Waals surface area contributed by atoms with E-state index in [1.165, 1.54) is 0 Å². The Kier molecular flexibility index (Phi) is 4.30. The summed E-state index contributed by atoms with van der Waals surface area (Å²) >= 11 is 1.61. The number of fused-ring (bicyclic) bond motifs is 1. The molecule has 3 aromatic heterocycles. The van der Waals surface area contributed by atoms with Crippen molar-refractivity contribution in [3.05, 3.63) is 59.8 Å². The fourth-order valence-corrected chi connectivity index (χ4v) is 3.66. The molecule has 4 aromatic rings. The maximum Gasteiger partial charge on any atom is 0.143 e. The first-order chi connectivity index (χ1) is 12.7. The Bertz CT molecular complexity index is 1050. The van der Waals surface area contributed by atoms with Gasteiger partial charge in [0.2, 0.25) is 0 Å². The first-order valence-corrected chi connectivity index (χ1v) is 9.17. The summed E-state index contributed by atoms with van der Waals surface area (Å²) in [5, 5.41) is 6.55. The van der Waals surface area contributed by atoms with Crippen LogP contribution in [0.5, 0.6) is 5.75 Å². The fourth-order valence-electron chi connectivity index (χ4n) is 2.92. The van der Waals surface area contributed by atoms with Crippen LogP contribution >= 0.6 is 11.3 Å². The van der Waals surface area contributed by atoms with Gasteiger partial charge in [-0.3, -0.25) is 0 Å². The molecular formula is C19H19N5OS. The van der Waals surface area contributed by atoms with Crippen molar-refractivity contribution in [1.29, 1.82) is 0 Å². The van der Waals surface area contributed by atoms with Crippen LogP contribution in [0.15, 0.2) is 48.5 Å². The smallest absolute Gasteiger partial charge is 0.143 e. The molecule has 0 saturated carbocycles. The molecule has 26 heavy (non-hydrogen) atoms. The molecule has 0 aliphatic heterocycles. The number of benzene rings is 1. The van der Waals surface area contributed by atoms with Gasteiger partial charge >= 0.3 is 0 Å². The summed E-state index contributed by atoms with van der Waals surface area (Å²) in [5.74, 6) is 1.65. The summed E-state index contributed by atoms with van der Waals surface area (Å²) in [6.45, 7) is 4.08. The Morgan fingerprint density at radius 1 is 1.19 bits per heavy atom. The van der Waals surface area contributed by atoms with Gasteiger partial charge in [0.1, 0.15) is 22.7 Å². The van der Waals surface area contributed by atoms with Crippen LogP contribution in [0, 0.1) is 6.92 Å². The summed E-state index contributed by atoms with van der Waals surface area (Å²) in [4.78, 5) is 14.0. The molecule has 0 bridgehead atoms. The maximum absolute atomic E-state index is 5.61. The molecule has 0 amide bonds. The minimum Gasteiger partial charge on any atom is -0.495 e. The van der Waals surface area contributed by atoms with Gasteiger partial charge in [0.25, 0.3) is 0 Å². The SMILES string of the molecule is COc1cc(C(C)Nc2ncnc3sccc23)ccc1-n1cnc(C)c1. The average Bonchev–Trinajstić information content (AvgIpc) is 3.30. The number of aromatic nitrogens is 4. The van der Waals surface area contributed by atoms with Crippen molar-refractivity contribution in [3.8, 4) is 11.4 Å². The summed E-state index contributed by atoms with van der Waals surface area (Å²) in [7, 11) is 1.68. The third kappa shape index (κ3) is 3.01. The van der Waals surface area contributed by atoms with Crippen molar-refractivity contribution in [2.24, 2.45) is 0 Å². The lowest BCUT2D eigenvalue weighted by Crippen LogP contribution is -2.09. The average molecular weight is 365 g/mol. The van der Waals surface area contributed by atoms with E-state index in [1.807, 2.05) is 41.3 Å². The highest BCUT2D eigenvalue weighted by Crippen LogP contribution is 2.30. The molecular weight excluding hydrogens is 346 g/mol. The van der Waals surface area contributed by atoms with E-state index in [9.17, 15) is 0 Å². The molecule has 3 heterocycles. The van der Waals surface area contributed by atoms with E-state index < -0.39 is 0 Å². The molecule has 6 nitrogen and oxygen atoms in total. The van der Waals surface area contributed by atoms with Gasteiger partial charge in [-0.1, -0.05) is 6.07 Å². The van der Waals surface area contributed by atoms with Crippen molar-refractivity contribution < 1.29 is 4.74 Å². The second kappa shape index (κ2) is 6.76. The van der Waals surface area contributed by atoms with Gasteiger partial charge in [0.15, 0.2) is 0 Å². The van der Waals surface area contributed by atoms with Crippen LogP contribution in [0.25, 0.3) is 15.9 Å². The highest BCUT2D eigenvalue weighted by Gasteiger charge is 2.13. The molecule has 7 heteroatoms. The van der Waals surface area contributed by atoms with Crippen molar-refractivity contribution in [1.82, 2.24) is 19.5 Å². The van der Waals surface area contributed by atoms with E-state index >= 15 is 0 Å². The number of imidazole rings is 1. The van der Waals surface area contributed by atoms with E-state index in [4.69, 9.17) is 4.74 Å². The van der Waals surface area contributed by atoms with E-state index in [0.717, 1.165) is 38.7 Å². The van der Waals surface area contributed by atoms with Crippen LogP contribution in [0.1, 0.15) is 24.2 Å². The van der Waals surface area contributed by atoms with Crippen LogP contribution in [0.4, 0.5) is 5.82 Å². The molecule has 0 spiro atoms. The summed E-state index contributed by atoms with van der Waals surface area (Å²) in [5.41, 5.74) is 3.05. The van der Waals surface area contributed by atoms with Crippen LogP contribution in [0.3, 0.4) is 0 Å². The van der Waals surface area contributed by atoms with Crippen LogP contribution in [-0.4, -0.2) is 26.6 Å². The molecule has 0 radical (unpaired) electrons. The molecule has 1 aromatic carbocycles. The number of anilines is 1. The molecule has 1 N–H and O–H groups in total. The Morgan fingerprint density at radius 3 is 2.85 bits per heavy atom. The second-order valence-corrected chi connectivity index (χ2v) is 6.98. The van der Waals surface area contributed by atoms with Gasteiger partial charge in [0.05, 0.1) is 36.2 Å². The molecule has 0 aliphatic carbocycles. The summed E-state index contributed by atoms with van der Waals surface area (Å²) in [6.07, 6.45) is 5.37. The number of methoxy groups -OCH3 is 1. The monoisotopic (exact) mass is 365 g/mol. The molecule has 132 valence electrons. The lowest BCUT2D eigenvalue weighted by atomic mass is 10.1. The number of hydrogen-bond acceptors (Lipinski definition) is 6. The fraction of sp³-hybridized carbons (Fsp3) is 0.211. The third-order valence-corrected chi connectivity index (χ3v) is 5.13. The molecule has 0 fully saturated rings. The van der Waals surface area contributed by atoms with Gasteiger partial charge in [-0.05, 0) is 43.0 Å². The quantitative estimate of drug-likeness (QED) is 0.569. The number of nitrogens with zero attached hydrogens (tertiary/aromatic N) is 4. The van der Waals surface area contributed by atoms with Gasteiger partial charge in [-0.25, -0.2) is 15.0 Å². The number of thiophene rings is 1. The first kappa shape index (κ1) is 16.5.